The number of piperazine rings is 1. The number of hydrogen-bond donors (Lipinski definition) is 0. The van der Waals surface area contributed by atoms with Gasteiger partial charge in [0.05, 0.1) is 33.7 Å². The maximum Gasteiger partial charge on any atom is 0.295 e. The number of ether oxygens (including phenoxy) is 1. The van der Waals surface area contributed by atoms with E-state index in [9.17, 15) is 19.3 Å². The van der Waals surface area contributed by atoms with E-state index in [-0.39, 0.29) is 28.1 Å². The highest BCUT2D eigenvalue weighted by Crippen LogP contribution is 2.35. The van der Waals surface area contributed by atoms with E-state index in [1.165, 1.54) is 13.2 Å². The molecule has 2 aromatic carbocycles. The third-order valence-corrected chi connectivity index (χ3v) is 5.35. The van der Waals surface area contributed by atoms with Crippen LogP contribution in [0.5, 0.6) is 5.75 Å². The first-order valence-corrected chi connectivity index (χ1v) is 9.09. The quantitative estimate of drug-likeness (QED) is 0.544. The molecule has 10 heteroatoms. The zero-order chi connectivity index (χ0) is 20.4. The van der Waals surface area contributed by atoms with Gasteiger partial charge < -0.3 is 14.5 Å². The summed E-state index contributed by atoms with van der Waals surface area (Å²) in [5.74, 6) is -1.15. The number of hydrogen-bond acceptors (Lipinski definition) is 5. The minimum absolute atomic E-state index is 0.0789. The molecule has 148 valence electrons. The van der Waals surface area contributed by atoms with Crippen molar-refractivity contribution in [3.8, 4) is 5.75 Å². The van der Waals surface area contributed by atoms with Crippen LogP contribution in [0.15, 0.2) is 30.3 Å². The predicted octanol–water partition coefficient (Wildman–Crippen LogP) is 4.01. The van der Waals surface area contributed by atoms with E-state index in [1.807, 2.05) is 0 Å². The highest BCUT2D eigenvalue weighted by atomic mass is 35.5. The zero-order valence-electron chi connectivity index (χ0n) is 14.8. The van der Waals surface area contributed by atoms with Crippen LogP contribution in [0.4, 0.5) is 15.8 Å². The first-order valence-electron chi connectivity index (χ1n) is 8.33. The van der Waals surface area contributed by atoms with Crippen LogP contribution < -0.4 is 9.64 Å². The molecule has 3 rings (SSSR count). The Hall–Kier alpha value is -2.58. The molecule has 7 nitrogen and oxygen atoms in total. The number of nitro groups is 1. The van der Waals surface area contributed by atoms with Crippen molar-refractivity contribution >= 4 is 40.5 Å². The zero-order valence-corrected chi connectivity index (χ0v) is 16.3. The van der Waals surface area contributed by atoms with E-state index in [4.69, 9.17) is 27.9 Å². The highest BCUT2D eigenvalue weighted by molar-refractivity contribution is 6.43. The molecule has 0 aliphatic carbocycles. The average Bonchev–Trinajstić information content (AvgIpc) is 2.69. The van der Waals surface area contributed by atoms with E-state index >= 15 is 0 Å². The number of amides is 1. The van der Waals surface area contributed by atoms with Crippen LogP contribution in [-0.4, -0.2) is 49.0 Å². The van der Waals surface area contributed by atoms with Crippen molar-refractivity contribution in [2.45, 2.75) is 0 Å². The first-order chi connectivity index (χ1) is 13.3. The summed E-state index contributed by atoms with van der Waals surface area (Å²) >= 11 is 12.1. The van der Waals surface area contributed by atoms with Crippen LogP contribution >= 0.6 is 23.2 Å². The summed E-state index contributed by atoms with van der Waals surface area (Å²) in [5.41, 5.74) is 0.198. The summed E-state index contributed by atoms with van der Waals surface area (Å²) in [5, 5.41) is 11.8. The summed E-state index contributed by atoms with van der Waals surface area (Å²) in [6, 6.07) is 6.99. The van der Waals surface area contributed by atoms with Crippen molar-refractivity contribution < 1.29 is 18.8 Å². The van der Waals surface area contributed by atoms with Gasteiger partial charge in [0.15, 0.2) is 11.6 Å². The predicted molar refractivity (Wildman–Crippen MR) is 104 cm³/mol. The second-order valence-corrected chi connectivity index (χ2v) is 6.90. The van der Waals surface area contributed by atoms with Crippen molar-refractivity contribution in [1.82, 2.24) is 4.90 Å². The fourth-order valence-electron chi connectivity index (χ4n) is 3.08. The summed E-state index contributed by atoms with van der Waals surface area (Å²) in [4.78, 5) is 26.7. The summed E-state index contributed by atoms with van der Waals surface area (Å²) < 4.78 is 18.8. The molecule has 0 saturated carbocycles. The highest BCUT2D eigenvalue weighted by Gasteiger charge is 2.29. The standard InChI is InChI=1S/C18H16Cl2FN3O4/c1-28-16-10-14(15(24(26)27)9-13(16)21)22-5-7-23(8-6-22)18(25)11-3-2-4-12(19)17(11)20/h2-4,9-10H,5-8H2,1H3. The van der Waals surface area contributed by atoms with Gasteiger partial charge in [0, 0.05) is 32.2 Å². The van der Waals surface area contributed by atoms with Crippen LogP contribution in [0.2, 0.25) is 10.0 Å². The Kier molecular flexibility index (Phi) is 5.90. The van der Waals surface area contributed by atoms with Crippen molar-refractivity contribution in [2.24, 2.45) is 0 Å². The number of carbonyl (C=O) groups is 1. The molecular weight excluding hydrogens is 412 g/mol. The van der Waals surface area contributed by atoms with E-state index in [0.717, 1.165) is 6.07 Å². The molecule has 1 amide bonds. The maximum atomic E-state index is 13.9. The van der Waals surface area contributed by atoms with E-state index in [0.29, 0.717) is 36.8 Å². The van der Waals surface area contributed by atoms with Gasteiger partial charge in [0.1, 0.15) is 5.69 Å². The molecule has 1 saturated heterocycles. The number of nitro benzene ring substituents is 1. The molecule has 0 atom stereocenters. The SMILES string of the molecule is COc1cc(N2CCN(C(=O)c3cccc(Cl)c3Cl)CC2)c([N+](=O)[O-])cc1F. The monoisotopic (exact) mass is 427 g/mol. The molecule has 0 bridgehead atoms. The van der Waals surface area contributed by atoms with E-state index < -0.39 is 10.7 Å². The van der Waals surface area contributed by atoms with Gasteiger partial charge in [0.25, 0.3) is 11.6 Å². The molecular formula is C18H16Cl2FN3O4. The lowest BCUT2D eigenvalue weighted by Crippen LogP contribution is -2.49. The molecule has 0 aromatic heterocycles. The second kappa shape index (κ2) is 8.20. The number of methoxy groups -OCH3 is 1. The molecule has 1 aliphatic rings. The third-order valence-electron chi connectivity index (χ3n) is 4.54. The minimum atomic E-state index is -0.803. The molecule has 2 aromatic rings. The minimum Gasteiger partial charge on any atom is -0.494 e. The van der Waals surface area contributed by atoms with Crippen LogP contribution in [0.3, 0.4) is 0 Å². The molecule has 28 heavy (non-hydrogen) atoms. The number of halogens is 3. The summed E-state index contributed by atoms with van der Waals surface area (Å²) in [7, 11) is 1.29. The summed E-state index contributed by atoms with van der Waals surface area (Å²) in [6.45, 7) is 1.30. The smallest absolute Gasteiger partial charge is 0.295 e. The van der Waals surface area contributed by atoms with Gasteiger partial charge in [-0.05, 0) is 12.1 Å². The lowest BCUT2D eigenvalue weighted by atomic mass is 10.1. The topological polar surface area (TPSA) is 75.9 Å². The van der Waals surface area contributed by atoms with Gasteiger partial charge in [0.2, 0.25) is 0 Å². The lowest BCUT2D eigenvalue weighted by molar-refractivity contribution is -0.384. The van der Waals surface area contributed by atoms with E-state index in [1.54, 1.807) is 28.0 Å². The molecule has 0 N–H and O–H groups in total. The normalized spacial score (nSPS) is 14.1. The maximum absolute atomic E-state index is 13.9. The van der Waals surface area contributed by atoms with Crippen LogP contribution in [-0.2, 0) is 0 Å². The molecule has 1 aliphatic heterocycles. The van der Waals surface area contributed by atoms with Crippen LogP contribution in [0.25, 0.3) is 0 Å². The Labute approximate surface area is 170 Å². The van der Waals surface area contributed by atoms with Gasteiger partial charge in [-0.2, -0.15) is 0 Å². The lowest BCUT2D eigenvalue weighted by Gasteiger charge is -2.36. The second-order valence-electron chi connectivity index (χ2n) is 6.11. The Morgan fingerprint density at radius 3 is 2.50 bits per heavy atom. The third kappa shape index (κ3) is 3.83. The first kappa shape index (κ1) is 20.2. The number of anilines is 1. The molecule has 0 unspecified atom stereocenters. The van der Waals surface area contributed by atoms with Gasteiger partial charge in [-0.3, -0.25) is 14.9 Å². The largest absolute Gasteiger partial charge is 0.494 e. The fourth-order valence-corrected chi connectivity index (χ4v) is 3.46. The van der Waals surface area contributed by atoms with Crippen molar-refractivity contribution in [3.63, 3.8) is 0 Å². The van der Waals surface area contributed by atoms with Gasteiger partial charge in [-0.15, -0.1) is 0 Å². The van der Waals surface area contributed by atoms with Gasteiger partial charge >= 0.3 is 0 Å². The fraction of sp³-hybridized carbons (Fsp3) is 0.278. The number of rotatable bonds is 4. The van der Waals surface area contributed by atoms with Crippen LogP contribution in [0.1, 0.15) is 10.4 Å². The number of carbonyl (C=O) groups excluding carboxylic acids is 1. The molecule has 0 radical (unpaired) electrons. The van der Waals surface area contributed by atoms with Gasteiger partial charge in [-0.25, -0.2) is 4.39 Å². The Bertz CT molecular complexity index is 933. The number of nitrogens with zero attached hydrogens (tertiary/aromatic N) is 3. The Morgan fingerprint density at radius 2 is 1.89 bits per heavy atom. The Morgan fingerprint density at radius 1 is 1.21 bits per heavy atom. The van der Waals surface area contributed by atoms with Gasteiger partial charge in [-0.1, -0.05) is 29.3 Å². The van der Waals surface area contributed by atoms with Crippen LogP contribution in [0, 0.1) is 15.9 Å². The molecule has 1 fully saturated rings. The summed E-state index contributed by atoms with van der Waals surface area (Å²) in [6.07, 6.45) is 0. The van der Waals surface area contributed by atoms with Crippen molar-refractivity contribution in [1.29, 1.82) is 0 Å². The van der Waals surface area contributed by atoms with E-state index in [2.05, 4.69) is 0 Å². The average molecular weight is 428 g/mol. The Balaban J connectivity index is 1.80. The van der Waals surface area contributed by atoms with Crippen molar-refractivity contribution in [2.75, 3.05) is 38.2 Å². The van der Waals surface area contributed by atoms with Crippen molar-refractivity contribution in [3.05, 3.63) is 61.9 Å². The number of benzene rings is 2. The molecule has 0 spiro atoms. The molecule has 1 heterocycles.